The average molecular weight is 426 g/mol. The predicted molar refractivity (Wildman–Crippen MR) is 107 cm³/mol. The minimum absolute atomic E-state index is 0.0347. The van der Waals surface area contributed by atoms with Crippen molar-refractivity contribution in [3.63, 3.8) is 0 Å². The standard InChI is InChI=1S/C21H23FN6O3/c1-21(2,3)30-20(29)15(23)19-25-18(26-31-19)16-17-14-6-7-27(14)9-11-8-12(22)4-5-13(11)28(17)10-24-16/h4-5,8,10,14-15H,6-7,9,23H2,1-3H3/t14-,15?/m0/s1. The summed E-state index contributed by atoms with van der Waals surface area (Å²) in [7, 11) is 0. The Morgan fingerprint density at radius 1 is 1.39 bits per heavy atom. The third kappa shape index (κ3) is 3.41. The third-order valence-electron chi connectivity index (χ3n) is 5.51. The van der Waals surface area contributed by atoms with E-state index >= 15 is 0 Å². The number of imidazole rings is 1. The maximum atomic E-state index is 13.8. The second-order valence-electron chi connectivity index (χ2n) is 8.86. The highest BCUT2D eigenvalue weighted by atomic mass is 19.1. The van der Waals surface area contributed by atoms with E-state index < -0.39 is 17.6 Å². The summed E-state index contributed by atoms with van der Waals surface area (Å²) in [6.07, 6.45) is 2.63. The molecule has 2 atom stereocenters. The zero-order valence-electron chi connectivity index (χ0n) is 17.5. The first-order chi connectivity index (χ1) is 14.7. The second-order valence-corrected chi connectivity index (χ2v) is 8.86. The Bertz CT molecular complexity index is 1160. The van der Waals surface area contributed by atoms with Gasteiger partial charge in [-0.25, -0.2) is 14.2 Å². The van der Waals surface area contributed by atoms with Crippen molar-refractivity contribution in [2.75, 3.05) is 6.54 Å². The molecule has 10 heteroatoms. The monoisotopic (exact) mass is 426 g/mol. The second kappa shape index (κ2) is 6.96. The van der Waals surface area contributed by atoms with Crippen LogP contribution in [0.4, 0.5) is 4.39 Å². The molecule has 0 saturated carbocycles. The molecule has 3 aromatic rings. The van der Waals surface area contributed by atoms with Crippen molar-refractivity contribution >= 4 is 5.97 Å². The molecule has 1 saturated heterocycles. The Labute approximate surface area is 178 Å². The van der Waals surface area contributed by atoms with Gasteiger partial charge in [0.25, 0.3) is 5.89 Å². The van der Waals surface area contributed by atoms with Gasteiger partial charge in [0, 0.05) is 13.1 Å². The molecule has 1 unspecified atom stereocenters. The first-order valence-electron chi connectivity index (χ1n) is 10.1. The molecule has 2 N–H and O–H groups in total. The maximum absolute atomic E-state index is 13.8. The Hall–Kier alpha value is -3.11. The van der Waals surface area contributed by atoms with Crippen LogP contribution in [0.3, 0.4) is 0 Å². The van der Waals surface area contributed by atoms with Crippen molar-refractivity contribution in [1.82, 2.24) is 24.6 Å². The molecular formula is C21H23FN6O3. The van der Waals surface area contributed by atoms with Gasteiger partial charge in [-0.3, -0.25) is 4.90 Å². The van der Waals surface area contributed by atoms with E-state index in [-0.39, 0.29) is 23.6 Å². The number of fused-ring (bicyclic) bond motifs is 5. The molecule has 1 fully saturated rings. The van der Waals surface area contributed by atoms with E-state index in [9.17, 15) is 9.18 Å². The van der Waals surface area contributed by atoms with Crippen LogP contribution in [0.1, 0.15) is 56.4 Å². The molecule has 4 heterocycles. The van der Waals surface area contributed by atoms with Crippen LogP contribution in [-0.2, 0) is 16.1 Å². The lowest BCUT2D eigenvalue weighted by molar-refractivity contribution is -0.157. The van der Waals surface area contributed by atoms with Crippen molar-refractivity contribution in [2.45, 2.75) is 51.4 Å². The quantitative estimate of drug-likeness (QED) is 0.636. The van der Waals surface area contributed by atoms with E-state index in [0.717, 1.165) is 29.9 Å². The number of nitrogens with zero attached hydrogens (tertiary/aromatic N) is 5. The summed E-state index contributed by atoms with van der Waals surface area (Å²) in [6, 6.07) is 3.68. The van der Waals surface area contributed by atoms with Gasteiger partial charge in [0.2, 0.25) is 5.82 Å². The molecule has 162 valence electrons. The van der Waals surface area contributed by atoms with Gasteiger partial charge < -0.3 is 19.6 Å². The van der Waals surface area contributed by atoms with Gasteiger partial charge >= 0.3 is 5.97 Å². The highest BCUT2D eigenvalue weighted by Crippen LogP contribution is 2.43. The molecule has 0 radical (unpaired) electrons. The number of hydrogen-bond donors (Lipinski definition) is 1. The molecule has 2 aromatic heterocycles. The van der Waals surface area contributed by atoms with Gasteiger partial charge in [0.05, 0.1) is 17.4 Å². The van der Waals surface area contributed by atoms with Crippen molar-refractivity contribution in [2.24, 2.45) is 5.73 Å². The Kier molecular flexibility index (Phi) is 4.45. The molecule has 0 bridgehead atoms. The topological polar surface area (TPSA) is 112 Å². The van der Waals surface area contributed by atoms with Crippen LogP contribution >= 0.6 is 0 Å². The Balaban J connectivity index is 1.52. The van der Waals surface area contributed by atoms with E-state index in [1.807, 2.05) is 4.57 Å². The lowest BCUT2D eigenvalue weighted by Crippen LogP contribution is -2.40. The smallest absolute Gasteiger partial charge is 0.333 e. The van der Waals surface area contributed by atoms with Gasteiger partial charge in [0.1, 0.15) is 23.4 Å². The fourth-order valence-corrected chi connectivity index (χ4v) is 4.04. The summed E-state index contributed by atoms with van der Waals surface area (Å²) < 4.78 is 26.4. The van der Waals surface area contributed by atoms with E-state index in [2.05, 4.69) is 20.0 Å². The number of esters is 1. The maximum Gasteiger partial charge on any atom is 0.333 e. The van der Waals surface area contributed by atoms with Crippen LogP contribution < -0.4 is 5.73 Å². The number of carbonyl (C=O) groups excluding carboxylic acids is 1. The minimum atomic E-state index is -1.19. The molecule has 31 heavy (non-hydrogen) atoms. The molecule has 0 amide bonds. The van der Waals surface area contributed by atoms with Crippen LogP contribution in [0, 0.1) is 5.82 Å². The lowest BCUT2D eigenvalue weighted by atomic mass is 9.98. The van der Waals surface area contributed by atoms with Crippen LogP contribution in [0.2, 0.25) is 0 Å². The highest BCUT2D eigenvalue weighted by molar-refractivity contribution is 5.76. The Morgan fingerprint density at radius 2 is 2.19 bits per heavy atom. The van der Waals surface area contributed by atoms with E-state index in [0.29, 0.717) is 12.2 Å². The fraction of sp³-hybridized carbons (Fsp3) is 0.429. The first kappa shape index (κ1) is 19.8. The summed E-state index contributed by atoms with van der Waals surface area (Å²) in [6.45, 7) is 6.83. The van der Waals surface area contributed by atoms with E-state index in [4.69, 9.17) is 15.0 Å². The van der Waals surface area contributed by atoms with Crippen LogP contribution in [0.5, 0.6) is 0 Å². The van der Waals surface area contributed by atoms with Gasteiger partial charge in [-0.2, -0.15) is 4.98 Å². The molecule has 9 nitrogen and oxygen atoms in total. The number of rotatable bonds is 3. The van der Waals surface area contributed by atoms with Crippen LogP contribution in [0.15, 0.2) is 29.0 Å². The molecular weight excluding hydrogens is 403 g/mol. The molecule has 1 aromatic carbocycles. The van der Waals surface area contributed by atoms with Gasteiger partial charge in [-0.15, -0.1) is 0 Å². The summed E-state index contributed by atoms with van der Waals surface area (Å²) >= 11 is 0. The van der Waals surface area contributed by atoms with Gasteiger partial charge in [-0.1, -0.05) is 5.16 Å². The minimum Gasteiger partial charge on any atom is -0.458 e. The SMILES string of the molecule is CC(C)(C)OC(=O)C(N)c1nc(-c2ncn3c2[C@@H]2CCN2Cc2cc(F)ccc2-3)no1. The molecule has 2 aliphatic rings. The Morgan fingerprint density at radius 3 is 2.90 bits per heavy atom. The fourth-order valence-electron chi connectivity index (χ4n) is 4.04. The lowest BCUT2D eigenvalue weighted by Gasteiger charge is -2.39. The highest BCUT2D eigenvalue weighted by Gasteiger charge is 2.39. The number of halogens is 1. The number of aromatic nitrogens is 4. The van der Waals surface area contributed by atoms with Crippen molar-refractivity contribution < 1.29 is 18.4 Å². The van der Waals surface area contributed by atoms with Crippen molar-refractivity contribution in [3.8, 4) is 17.2 Å². The zero-order valence-corrected chi connectivity index (χ0v) is 17.5. The van der Waals surface area contributed by atoms with E-state index in [1.165, 1.54) is 6.07 Å². The zero-order chi connectivity index (χ0) is 21.9. The van der Waals surface area contributed by atoms with Gasteiger partial charge in [0.15, 0.2) is 6.04 Å². The molecule has 0 aliphatic carbocycles. The summed E-state index contributed by atoms with van der Waals surface area (Å²) in [5.74, 6) is -0.696. The number of nitrogens with two attached hydrogens (primary N) is 1. The van der Waals surface area contributed by atoms with Crippen molar-refractivity contribution in [1.29, 1.82) is 0 Å². The van der Waals surface area contributed by atoms with Crippen molar-refractivity contribution in [3.05, 3.63) is 47.5 Å². The summed E-state index contributed by atoms with van der Waals surface area (Å²) in [5.41, 5.74) is 8.53. The summed E-state index contributed by atoms with van der Waals surface area (Å²) in [4.78, 5) is 23.4. The van der Waals surface area contributed by atoms with Crippen LogP contribution in [0.25, 0.3) is 17.2 Å². The number of benzene rings is 1. The molecule has 5 rings (SSSR count). The number of ether oxygens (including phenoxy) is 1. The normalized spacial score (nSPS) is 18.9. The average Bonchev–Trinajstić information content (AvgIpc) is 3.29. The number of hydrogen-bond acceptors (Lipinski definition) is 8. The van der Waals surface area contributed by atoms with Crippen LogP contribution in [-0.4, -0.2) is 42.7 Å². The summed E-state index contributed by atoms with van der Waals surface area (Å²) in [5, 5.41) is 4.02. The third-order valence-corrected chi connectivity index (χ3v) is 5.51. The molecule has 0 spiro atoms. The van der Waals surface area contributed by atoms with E-state index in [1.54, 1.807) is 39.2 Å². The van der Waals surface area contributed by atoms with Gasteiger partial charge in [-0.05, 0) is 51.0 Å². The first-order valence-corrected chi connectivity index (χ1v) is 10.1. The number of carbonyl (C=O) groups is 1. The largest absolute Gasteiger partial charge is 0.458 e. The predicted octanol–water partition coefficient (Wildman–Crippen LogP) is 2.66. The molecule has 2 aliphatic heterocycles.